The largest absolute Gasteiger partial charge is 0.334 e. The molecule has 0 aliphatic heterocycles. The molecule has 0 saturated carbocycles. The first-order chi connectivity index (χ1) is 10.6. The number of nitrogens with one attached hydrogen (secondary N) is 4. The highest BCUT2D eigenvalue weighted by Gasteiger charge is 2.04. The van der Waals surface area contributed by atoms with Gasteiger partial charge in [0, 0.05) is 17.3 Å². The standard InChI is InChI=1S/C15H13ClN4O2/c16-10-2-1-3-11(7-10)18-14(21)17-8-9-4-5-12-13(6-9)20-15(22)19-12/h1-7H,8H2,(H2,17,18,21)(H2,19,20,22). The van der Waals surface area contributed by atoms with Crippen molar-refractivity contribution < 1.29 is 4.79 Å². The molecule has 2 aromatic carbocycles. The van der Waals surface area contributed by atoms with Gasteiger partial charge in [-0.1, -0.05) is 23.7 Å². The van der Waals surface area contributed by atoms with Crippen LogP contribution < -0.4 is 16.3 Å². The number of H-pyrrole nitrogens is 2. The SMILES string of the molecule is O=C(NCc1ccc2[nH]c(=O)[nH]c2c1)Nc1cccc(Cl)c1. The Bertz CT molecular complexity index is 884. The Balaban J connectivity index is 1.63. The van der Waals surface area contributed by atoms with Gasteiger partial charge in [-0.2, -0.15) is 0 Å². The van der Waals surface area contributed by atoms with Crippen LogP contribution in [-0.2, 0) is 6.54 Å². The third kappa shape index (κ3) is 3.29. The fourth-order valence-corrected chi connectivity index (χ4v) is 2.30. The molecule has 0 aliphatic rings. The van der Waals surface area contributed by atoms with Gasteiger partial charge in [-0.3, -0.25) is 0 Å². The smallest absolute Gasteiger partial charge is 0.323 e. The zero-order valence-corrected chi connectivity index (χ0v) is 12.2. The summed E-state index contributed by atoms with van der Waals surface area (Å²) in [5.74, 6) is 0. The summed E-state index contributed by atoms with van der Waals surface area (Å²) < 4.78 is 0. The van der Waals surface area contributed by atoms with E-state index in [-0.39, 0.29) is 11.7 Å². The van der Waals surface area contributed by atoms with Gasteiger partial charge in [0.2, 0.25) is 0 Å². The fourth-order valence-electron chi connectivity index (χ4n) is 2.11. The van der Waals surface area contributed by atoms with E-state index in [1.165, 1.54) is 0 Å². The van der Waals surface area contributed by atoms with Gasteiger partial charge in [0.15, 0.2) is 0 Å². The Morgan fingerprint density at radius 2 is 1.91 bits per heavy atom. The number of aromatic amines is 2. The molecule has 22 heavy (non-hydrogen) atoms. The fraction of sp³-hybridized carbons (Fsp3) is 0.0667. The van der Waals surface area contributed by atoms with Crippen LogP contribution in [0.3, 0.4) is 0 Å². The van der Waals surface area contributed by atoms with E-state index in [9.17, 15) is 9.59 Å². The molecule has 0 aliphatic carbocycles. The molecule has 4 N–H and O–H groups in total. The topological polar surface area (TPSA) is 89.8 Å². The molecule has 0 radical (unpaired) electrons. The molecule has 3 aromatic rings. The number of halogens is 1. The molecular formula is C15H13ClN4O2. The molecule has 1 aromatic heterocycles. The second-order valence-electron chi connectivity index (χ2n) is 4.78. The van der Waals surface area contributed by atoms with Gasteiger partial charge < -0.3 is 20.6 Å². The van der Waals surface area contributed by atoms with Crippen LogP contribution in [0.1, 0.15) is 5.56 Å². The number of fused-ring (bicyclic) bond motifs is 1. The van der Waals surface area contributed by atoms with E-state index in [2.05, 4.69) is 20.6 Å². The molecule has 0 atom stereocenters. The molecule has 112 valence electrons. The Labute approximate surface area is 130 Å². The monoisotopic (exact) mass is 316 g/mol. The molecule has 0 fully saturated rings. The number of urea groups is 1. The second kappa shape index (κ2) is 5.95. The molecule has 2 amide bonds. The minimum Gasteiger partial charge on any atom is -0.334 e. The van der Waals surface area contributed by atoms with Crippen molar-refractivity contribution in [2.75, 3.05) is 5.32 Å². The van der Waals surface area contributed by atoms with Crippen LogP contribution in [0.4, 0.5) is 10.5 Å². The molecule has 0 saturated heterocycles. The summed E-state index contributed by atoms with van der Waals surface area (Å²) >= 11 is 5.86. The summed E-state index contributed by atoms with van der Waals surface area (Å²) in [7, 11) is 0. The summed E-state index contributed by atoms with van der Waals surface area (Å²) in [6.07, 6.45) is 0. The second-order valence-corrected chi connectivity index (χ2v) is 5.21. The lowest BCUT2D eigenvalue weighted by Crippen LogP contribution is -2.28. The third-order valence-electron chi connectivity index (χ3n) is 3.12. The van der Waals surface area contributed by atoms with E-state index in [4.69, 9.17) is 11.6 Å². The van der Waals surface area contributed by atoms with Gasteiger partial charge in [0.05, 0.1) is 11.0 Å². The Hall–Kier alpha value is -2.73. The molecule has 7 heteroatoms. The van der Waals surface area contributed by atoms with Crippen molar-refractivity contribution in [1.29, 1.82) is 0 Å². The molecule has 1 heterocycles. The maximum absolute atomic E-state index is 11.8. The van der Waals surface area contributed by atoms with E-state index in [0.717, 1.165) is 11.1 Å². The van der Waals surface area contributed by atoms with Crippen LogP contribution in [-0.4, -0.2) is 16.0 Å². The Kier molecular flexibility index (Phi) is 3.84. The summed E-state index contributed by atoms with van der Waals surface area (Å²) in [4.78, 5) is 28.4. The number of amides is 2. The number of carbonyl (C=O) groups is 1. The van der Waals surface area contributed by atoms with E-state index in [1.807, 2.05) is 12.1 Å². The van der Waals surface area contributed by atoms with Crippen LogP contribution in [0.2, 0.25) is 5.02 Å². The highest BCUT2D eigenvalue weighted by molar-refractivity contribution is 6.30. The van der Waals surface area contributed by atoms with Crippen molar-refractivity contribution in [2.45, 2.75) is 6.54 Å². The minimum absolute atomic E-state index is 0.251. The molecule has 3 rings (SSSR count). The number of hydrogen-bond acceptors (Lipinski definition) is 2. The van der Waals surface area contributed by atoms with Gasteiger partial charge in [-0.25, -0.2) is 9.59 Å². The van der Waals surface area contributed by atoms with Crippen molar-refractivity contribution >= 4 is 34.4 Å². The van der Waals surface area contributed by atoms with Gasteiger partial charge in [-0.05, 0) is 35.9 Å². The van der Waals surface area contributed by atoms with E-state index in [0.29, 0.717) is 22.8 Å². The maximum atomic E-state index is 11.8. The van der Waals surface area contributed by atoms with Crippen molar-refractivity contribution in [3.8, 4) is 0 Å². The normalized spacial score (nSPS) is 10.6. The molecular weight excluding hydrogens is 304 g/mol. The molecule has 0 spiro atoms. The first kappa shape index (κ1) is 14.2. The maximum Gasteiger partial charge on any atom is 0.323 e. The van der Waals surface area contributed by atoms with Gasteiger partial charge >= 0.3 is 11.7 Å². The van der Waals surface area contributed by atoms with Crippen molar-refractivity contribution in [3.63, 3.8) is 0 Å². The summed E-state index contributed by atoms with van der Waals surface area (Å²) in [6, 6.07) is 12.0. The van der Waals surface area contributed by atoms with Crippen LogP contribution in [0.25, 0.3) is 11.0 Å². The number of benzene rings is 2. The number of carbonyl (C=O) groups excluding carboxylic acids is 1. The van der Waals surface area contributed by atoms with Crippen molar-refractivity contribution in [3.05, 3.63) is 63.5 Å². The van der Waals surface area contributed by atoms with E-state index >= 15 is 0 Å². The Morgan fingerprint density at radius 1 is 1.09 bits per heavy atom. The van der Waals surface area contributed by atoms with E-state index in [1.54, 1.807) is 30.3 Å². The predicted molar refractivity (Wildman–Crippen MR) is 86.2 cm³/mol. The average Bonchev–Trinajstić information content (AvgIpc) is 2.84. The van der Waals surface area contributed by atoms with Crippen LogP contribution >= 0.6 is 11.6 Å². The van der Waals surface area contributed by atoms with Crippen molar-refractivity contribution in [1.82, 2.24) is 15.3 Å². The highest BCUT2D eigenvalue weighted by atomic mass is 35.5. The first-order valence-corrected chi connectivity index (χ1v) is 6.99. The Morgan fingerprint density at radius 3 is 2.73 bits per heavy atom. The lowest BCUT2D eigenvalue weighted by Gasteiger charge is -2.08. The summed E-state index contributed by atoms with van der Waals surface area (Å²) in [5, 5.41) is 5.99. The zero-order chi connectivity index (χ0) is 15.5. The number of aromatic nitrogens is 2. The van der Waals surface area contributed by atoms with E-state index < -0.39 is 0 Å². The quantitative estimate of drug-likeness (QED) is 0.598. The summed E-state index contributed by atoms with van der Waals surface area (Å²) in [6.45, 7) is 0.343. The van der Waals surface area contributed by atoms with Crippen LogP contribution in [0, 0.1) is 0 Å². The van der Waals surface area contributed by atoms with Gasteiger partial charge in [-0.15, -0.1) is 0 Å². The lowest BCUT2D eigenvalue weighted by molar-refractivity contribution is 0.251. The number of rotatable bonds is 3. The average molecular weight is 317 g/mol. The number of anilines is 1. The number of hydrogen-bond donors (Lipinski definition) is 4. The van der Waals surface area contributed by atoms with Gasteiger partial charge in [0.25, 0.3) is 0 Å². The lowest BCUT2D eigenvalue weighted by atomic mass is 10.2. The predicted octanol–water partition coefficient (Wildman–Crippen LogP) is 2.83. The molecule has 6 nitrogen and oxygen atoms in total. The van der Waals surface area contributed by atoms with Crippen molar-refractivity contribution in [2.24, 2.45) is 0 Å². The minimum atomic E-state index is -0.329. The zero-order valence-electron chi connectivity index (χ0n) is 11.4. The molecule has 0 bridgehead atoms. The van der Waals surface area contributed by atoms with Gasteiger partial charge in [0.1, 0.15) is 0 Å². The highest BCUT2D eigenvalue weighted by Crippen LogP contribution is 2.15. The van der Waals surface area contributed by atoms with Crippen LogP contribution in [0.5, 0.6) is 0 Å². The number of imidazole rings is 1. The third-order valence-corrected chi connectivity index (χ3v) is 3.35. The van der Waals surface area contributed by atoms with Crippen LogP contribution in [0.15, 0.2) is 47.3 Å². The molecule has 0 unspecified atom stereocenters. The first-order valence-electron chi connectivity index (χ1n) is 6.61. The summed E-state index contributed by atoms with van der Waals surface area (Å²) in [5.41, 5.74) is 2.69.